The minimum Gasteiger partial charge on any atom is -0.496 e. The zero-order valence-corrected chi connectivity index (χ0v) is 9.58. The van der Waals surface area contributed by atoms with Crippen molar-refractivity contribution in [2.45, 2.75) is 12.5 Å². The van der Waals surface area contributed by atoms with E-state index in [2.05, 4.69) is 5.32 Å². The summed E-state index contributed by atoms with van der Waals surface area (Å²) in [5.41, 5.74) is 0.594. The highest BCUT2D eigenvalue weighted by Crippen LogP contribution is 2.36. The minimum absolute atomic E-state index is 0.0841. The second-order valence-corrected chi connectivity index (χ2v) is 3.83. The van der Waals surface area contributed by atoms with E-state index in [-0.39, 0.29) is 17.4 Å². The molecule has 3 nitrogen and oxygen atoms in total. The summed E-state index contributed by atoms with van der Waals surface area (Å²) >= 11 is 0. The Bertz CT molecular complexity index is 379. The quantitative estimate of drug-likeness (QED) is 0.883. The van der Waals surface area contributed by atoms with Crippen LogP contribution in [0, 0.1) is 0 Å². The van der Waals surface area contributed by atoms with E-state index in [9.17, 15) is 8.78 Å². The number of ether oxygens (including phenoxy) is 2. The molecule has 0 saturated carbocycles. The Morgan fingerprint density at radius 2 is 2.29 bits per heavy atom. The smallest absolute Gasteiger partial charge is 0.267 e. The van der Waals surface area contributed by atoms with Crippen molar-refractivity contribution in [3.8, 4) is 5.75 Å². The van der Waals surface area contributed by atoms with Crippen molar-refractivity contribution in [1.82, 2.24) is 5.32 Å². The molecule has 0 aliphatic carbocycles. The van der Waals surface area contributed by atoms with Gasteiger partial charge in [-0.05, 0) is 6.07 Å². The van der Waals surface area contributed by atoms with Crippen molar-refractivity contribution < 1.29 is 18.3 Å². The second-order valence-electron chi connectivity index (χ2n) is 3.83. The van der Waals surface area contributed by atoms with Crippen LogP contribution < -0.4 is 10.1 Å². The predicted molar refractivity (Wildman–Crippen MR) is 59.5 cm³/mol. The van der Waals surface area contributed by atoms with E-state index >= 15 is 0 Å². The summed E-state index contributed by atoms with van der Waals surface area (Å²) in [5.74, 6) is 0.233. The first-order valence-electron chi connectivity index (χ1n) is 5.51. The maximum Gasteiger partial charge on any atom is 0.267 e. The molecule has 1 fully saturated rings. The molecule has 5 heteroatoms. The van der Waals surface area contributed by atoms with Gasteiger partial charge in [-0.15, -0.1) is 0 Å². The van der Waals surface area contributed by atoms with Crippen molar-refractivity contribution in [1.29, 1.82) is 0 Å². The van der Waals surface area contributed by atoms with Crippen molar-refractivity contribution in [2.24, 2.45) is 0 Å². The predicted octanol–water partition coefficient (Wildman–Crippen LogP) is 2.29. The van der Waals surface area contributed by atoms with Crippen LogP contribution in [0.3, 0.4) is 0 Å². The van der Waals surface area contributed by atoms with Crippen LogP contribution in [0.5, 0.6) is 5.75 Å². The standard InChI is InChI=1S/C12H15F2NO2/c1-16-11-8(10-7-15-5-6-17-10)3-2-4-9(11)12(13)14/h2-4,10,12,15H,5-7H2,1H3. The molecule has 1 saturated heterocycles. The number of alkyl halides is 2. The van der Waals surface area contributed by atoms with Crippen LogP contribution in [0.25, 0.3) is 0 Å². The molecule has 1 aliphatic heterocycles. The van der Waals surface area contributed by atoms with E-state index in [0.717, 1.165) is 6.54 Å². The Morgan fingerprint density at radius 3 is 2.88 bits per heavy atom. The first-order chi connectivity index (χ1) is 8.24. The Balaban J connectivity index is 2.35. The number of nitrogens with one attached hydrogen (secondary N) is 1. The van der Waals surface area contributed by atoms with Crippen molar-refractivity contribution in [2.75, 3.05) is 26.8 Å². The fraction of sp³-hybridized carbons (Fsp3) is 0.500. The summed E-state index contributed by atoms with van der Waals surface area (Å²) in [5, 5.41) is 3.17. The van der Waals surface area contributed by atoms with Crippen LogP contribution in [0.1, 0.15) is 23.7 Å². The summed E-state index contributed by atoms with van der Waals surface area (Å²) in [4.78, 5) is 0. The Hall–Kier alpha value is -1.20. The van der Waals surface area contributed by atoms with Gasteiger partial charge in [0.1, 0.15) is 5.75 Å². The van der Waals surface area contributed by atoms with Gasteiger partial charge in [0, 0.05) is 18.7 Å². The van der Waals surface area contributed by atoms with E-state index in [1.54, 1.807) is 12.1 Å². The molecular formula is C12H15F2NO2. The number of rotatable bonds is 3. The van der Waals surface area contributed by atoms with Gasteiger partial charge in [-0.1, -0.05) is 12.1 Å². The molecular weight excluding hydrogens is 228 g/mol. The average molecular weight is 243 g/mol. The first kappa shape index (κ1) is 12.3. The molecule has 1 aromatic rings. The number of morpholine rings is 1. The lowest BCUT2D eigenvalue weighted by Gasteiger charge is -2.26. The normalized spacial score (nSPS) is 20.6. The number of benzene rings is 1. The Kier molecular flexibility index (Phi) is 3.91. The number of para-hydroxylation sites is 1. The molecule has 1 N–H and O–H groups in total. The van der Waals surface area contributed by atoms with E-state index in [1.807, 2.05) is 0 Å². The van der Waals surface area contributed by atoms with Crippen molar-refractivity contribution in [3.63, 3.8) is 0 Å². The van der Waals surface area contributed by atoms with Crippen molar-refractivity contribution >= 4 is 0 Å². The summed E-state index contributed by atoms with van der Waals surface area (Å²) < 4.78 is 36.3. The van der Waals surface area contributed by atoms with E-state index in [1.165, 1.54) is 13.2 Å². The molecule has 0 bridgehead atoms. The third-order valence-electron chi connectivity index (χ3n) is 2.79. The largest absolute Gasteiger partial charge is 0.496 e. The summed E-state index contributed by atoms with van der Waals surface area (Å²) in [6, 6.07) is 4.75. The molecule has 1 unspecified atom stereocenters. The first-order valence-corrected chi connectivity index (χ1v) is 5.51. The summed E-state index contributed by atoms with van der Waals surface area (Å²) in [6.45, 7) is 1.98. The highest BCUT2D eigenvalue weighted by Gasteiger charge is 2.24. The molecule has 0 spiro atoms. The van der Waals surface area contributed by atoms with Gasteiger partial charge in [0.2, 0.25) is 0 Å². The van der Waals surface area contributed by atoms with E-state index in [4.69, 9.17) is 9.47 Å². The maximum atomic E-state index is 12.8. The molecule has 1 aromatic carbocycles. The van der Waals surface area contributed by atoms with Crippen LogP contribution in [0.4, 0.5) is 8.78 Å². The lowest BCUT2D eigenvalue weighted by atomic mass is 10.0. The maximum absolute atomic E-state index is 12.8. The molecule has 1 aliphatic rings. The van der Waals surface area contributed by atoms with Gasteiger partial charge < -0.3 is 14.8 Å². The van der Waals surface area contributed by atoms with Gasteiger partial charge in [0.15, 0.2) is 0 Å². The van der Waals surface area contributed by atoms with Gasteiger partial charge in [0.05, 0.1) is 25.4 Å². The van der Waals surface area contributed by atoms with Crippen LogP contribution >= 0.6 is 0 Å². The van der Waals surface area contributed by atoms with Gasteiger partial charge in [-0.25, -0.2) is 8.78 Å². The molecule has 17 heavy (non-hydrogen) atoms. The number of methoxy groups -OCH3 is 1. The number of hydrogen-bond acceptors (Lipinski definition) is 3. The van der Waals surface area contributed by atoms with Crippen LogP contribution in [-0.2, 0) is 4.74 Å². The number of hydrogen-bond donors (Lipinski definition) is 1. The fourth-order valence-corrected chi connectivity index (χ4v) is 2.00. The van der Waals surface area contributed by atoms with Gasteiger partial charge in [-0.2, -0.15) is 0 Å². The zero-order valence-electron chi connectivity index (χ0n) is 9.58. The lowest BCUT2D eigenvalue weighted by Crippen LogP contribution is -2.33. The monoisotopic (exact) mass is 243 g/mol. The topological polar surface area (TPSA) is 30.5 Å². The third kappa shape index (κ3) is 2.56. The Labute approximate surface area is 98.7 Å². The highest BCUT2D eigenvalue weighted by molar-refractivity contribution is 5.43. The molecule has 94 valence electrons. The highest BCUT2D eigenvalue weighted by atomic mass is 19.3. The SMILES string of the molecule is COc1c(C(F)F)cccc1C1CNCCO1. The van der Waals surface area contributed by atoms with Gasteiger partial charge in [-0.3, -0.25) is 0 Å². The average Bonchev–Trinajstić information content (AvgIpc) is 2.38. The van der Waals surface area contributed by atoms with Gasteiger partial charge in [0.25, 0.3) is 6.43 Å². The second kappa shape index (κ2) is 5.42. The fourth-order valence-electron chi connectivity index (χ4n) is 2.00. The summed E-state index contributed by atoms with van der Waals surface area (Å²) in [7, 11) is 1.40. The number of halogens is 2. The molecule has 2 rings (SSSR count). The van der Waals surface area contributed by atoms with Crippen LogP contribution in [0.2, 0.25) is 0 Å². The summed E-state index contributed by atoms with van der Waals surface area (Å²) in [6.07, 6.45) is -2.76. The van der Waals surface area contributed by atoms with Gasteiger partial charge >= 0.3 is 0 Å². The van der Waals surface area contributed by atoms with Crippen LogP contribution in [0.15, 0.2) is 18.2 Å². The molecule has 0 amide bonds. The minimum atomic E-state index is -2.54. The van der Waals surface area contributed by atoms with E-state index < -0.39 is 6.43 Å². The molecule has 1 heterocycles. The molecule has 1 atom stereocenters. The zero-order chi connectivity index (χ0) is 12.3. The van der Waals surface area contributed by atoms with Crippen molar-refractivity contribution in [3.05, 3.63) is 29.3 Å². The Morgan fingerprint density at radius 1 is 1.47 bits per heavy atom. The third-order valence-corrected chi connectivity index (χ3v) is 2.79. The molecule has 0 aromatic heterocycles. The molecule has 0 radical (unpaired) electrons. The van der Waals surface area contributed by atoms with E-state index in [0.29, 0.717) is 18.7 Å². The lowest BCUT2D eigenvalue weighted by molar-refractivity contribution is 0.0258. The van der Waals surface area contributed by atoms with Crippen LogP contribution in [-0.4, -0.2) is 26.8 Å².